The third-order valence-electron chi connectivity index (χ3n) is 7.35. The summed E-state index contributed by atoms with van der Waals surface area (Å²) in [6, 6.07) is 11.9. The molecule has 5 rings (SSSR count). The first-order valence-electron chi connectivity index (χ1n) is 11.9. The van der Waals surface area contributed by atoms with E-state index in [4.69, 9.17) is 0 Å². The molecule has 33 heavy (non-hydrogen) atoms. The van der Waals surface area contributed by atoms with Gasteiger partial charge in [0.15, 0.2) is 0 Å². The number of pyridine rings is 1. The highest BCUT2D eigenvalue weighted by Gasteiger charge is 2.50. The summed E-state index contributed by atoms with van der Waals surface area (Å²) < 4.78 is 0. The van der Waals surface area contributed by atoms with Crippen LogP contribution in [0.4, 0.5) is 5.69 Å². The molecule has 0 unspecified atom stereocenters. The van der Waals surface area contributed by atoms with E-state index in [9.17, 15) is 14.4 Å². The summed E-state index contributed by atoms with van der Waals surface area (Å²) in [5.41, 5.74) is 3.17. The van der Waals surface area contributed by atoms with Gasteiger partial charge in [-0.05, 0) is 80.3 Å². The van der Waals surface area contributed by atoms with E-state index in [2.05, 4.69) is 10.3 Å². The Kier molecular flexibility index (Phi) is 6.07. The van der Waals surface area contributed by atoms with Crippen LogP contribution in [0.25, 0.3) is 0 Å². The Hall–Kier alpha value is -3.28. The van der Waals surface area contributed by atoms with Gasteiger partial charge in [-0.3, -0.25) is 24.3 Å². The lowest BCUT2D eigenvalue weighted by molar-refractivity contribution is -0.143. The fourth-order valence-corrected chi connectivity index (χ4v) is 5.47. The molecule has 3 amide bonds. The SMILES string of the molecule is O=C(Nc1ccc(Cc2ccncc2)cc1)C1CCC(N2C(=O)[C@@H]3CC=CC[C@H]3C2=O)CC1. The quantitative estimate of drug-likeness (QED) is 0.557. The molecular weight excluding hydrogens is 414 g/mol. The molecular formula is C27H29N3O3. The number of fused-ring (bicyclic) bond motifs is 1. The first-order chi connectivity index (χ1) is 16.1. The van der Waals surface area contributed by atoms with Crippen molar-refractivity contribution in [2.45, 2.75) is 51.0 Å². The molecule has 170 valence electrons. The van der Waals surface area contributed by atoms with E-state index < -0.39 is 0 Å². The normalized spacial score (nSPS) is 26.8. The summed E-state index contributed by atoms with van der Waals surface area (Å²) in [7, 11) is 0. The third kappa shape index (κ3) is 4.47. The van der Waals surface area contributed by atoms with Crippen molar-refractivity contribution < 1.29 is 14.4 Å². The minimum Gasteiger partial charge on any atom is -0.326 e. The highest BCUT2D eigenvalue weighted by atomic mass is 16.2. The van der Waals surface area contributed by atoms with Gasteiger partial charge in [0.1, 0.15) is 0 Å². The topological polar surface area (TPSA) is 79.4 Å². The molecule has 1 saturated heterocycles. The predicted octanol–water partition coefficient (Wildman–Crippen LogP) is 4.12. The summed E-state index contributed by atoms with van der Waals surface area (Å²) in [6.45, 7) is 0. The van der Waals surface area contributed by atoms with E-state index in [-0.39, 0.29) is 41.5 Å². The molecule has 2 aliphatic carbocycles. The van der Waals surface area contributed by atoms with Gasteiger partial charge in [-0.15, -0.1) is 0 Å². The molecule has 1 aromatic carbocycles. The second-order valence-electron chi connectivity index (χ2n) is 9.43. The van der Waals surface area contributed by atoms with Gasteiger partial charge in [-0.25, -0.2) is 0 Å². The number of hydrogen-bond donors (Lipinski definition) is 1. The lowest BCUT2D eigenvalue weighted by Crippen LogP contribution is -2.43. The van der Waals surface area contributed by atoms with E-state index >= 15 is 0 Å². The van der Waals surface area contributed by atoms with Crippen molar-refractivity contribution in [2.24, 2.45) is 17.8 Å². The Labute approximate surface area is 194 Å². The van der Waals surface area contributed by atoms with E-state index in [0.29, 0.717) is 38.5 Å². The lowest BCUT2D eigenvalue weighted by Gasteiger charge is -2.33. The van der Waals surface area contributed by atoms with Crippen LogP contribution in [0.15, 0.2) is 60.9 Å². The van der Waals surface area contributed by atoms with Crippen molar-refractivity contribution in [3.05, 3.63) is 72.1 Å². The van der Waals surface area contributed by atoms with E-state index in [1.165, 1.54) is 16.0 Å². The maximum absolute atomic E-state index is 12.8. The lowest BCUT2D eigenvalue weighted by atomic mass is 9.84. The van der Waals surface area contributed by atoms with Gasteiger partial charge in [0.2, 0.25) is 17.7 Å². The zero-order chi connectivity index (χ0) is 22.8. The Bertz CT molecular complexity index is 1030. The summed E-state index contributed by atoms with van der Waals surface area (Å²) in [4.78, 5) is 44.1. The average Bonchev–Trinajstić information content (AvgIpc) is 3.11. The molecule has 2 fully saturated rings. The maximum atomic E-state index is 12.8. The van der Waals surface area contributed by atoms with E-state index in [1.54, 1.807) is 12.4 Å². The largest absolute Gasteiger partial charge is 0.326 e. The van der Waals surface area contributed by atoms with Gasteiger partial charge >= 0.3 is 0 Å². The zero-order valence-electron chi connectivity index (χ0n) is 18.7. The van der Waals surface area contributed by atoms with Crippen LogP contribution in [-0.2, 0) is 20.8 Å². The number of carbonyl (C=O) groups is 3. The highest BCUT2D eigenvalue weighted by Crippen LogP contribution is 2.39. The van der Waals surface area contributed by atoms with Gasteiger partial charge in [0.05, 0.1) is 11.8 Å². The van der Waals surface area contributed by atoms with Crippen LogP contribution in [0.5, 0.6) is 0 Å². The Balaban J connectivity index is 1.14. The Morgan fingerprint density at radius 1 is 0.848 bits per heavy atom. The molecule has 1 N–H and O–H groups in total. The Morgan fingerprint density at radius 2 is 1.42 bits per heavy atom. The molecule has 1 aliphatic heterocycles. The first-order valence-corrected chi connectivity index (χ1v) is 11.9. The summed E-state index contributed by atoms with van der Waals surface area (Å²) in [5, 5.41) is 3.04. The molecule has 2 atom stereocenters. The van der Waals surface area contributed by atoms with Gasteiger partial charge in [-0.2, -0.15) is 0 Å². The van der Waals surface area contributed by atoms with Crippen LogP contribution < -0.4 is 5.32 Å². The van der Waals surface area contributed by atoms with E-state index in [0.717, 1.165) is 12.1 Å². The number of aromatic nitrogens is 1. The number of anilines is 1. The number of amides is 3. The van der Waals surface area contributed by atoms with E-state index in [1.807, 2.05) is 48.6 Å². The number of nitrogens with zero attached hydrogens (tertiary/aromatic N) is 2. The number of hydrogen-bond acceptors (Lipinski definition) is 4. The van der Waals surface area contributed by atoms with Crippen molar-refractivity contribution in [2.75, 3.05) is 5.32 Å². The average molecular weight is 444 g/mol. The number of likely N-dealkylation sites (tertiary alicyclic amines) is 1. The second kappa shape index (κ2) is 9.30. The molecule has 1 saturated carbocycles. The molecule has 6 heteroatoms. The number of rotatable bonds is 5. The molecule has 0 radical (unpaired) electrons. The van der Waals surface area contributed by atoms with Crippen LogP contribution >= 0.6 is 0 Å². The van der Waals surface area contributed by atoms with Crippen molar-refractivity contribution >= 4 is 23.4 Å². The molecule has 1 aromatic heterocycles. The molecule has 6 nitrogen and oxygen atoms in total. The van der Waals surface area contributed by atoms with Crippen LogP contribution in [0, 0.1) is 17.8 Å². The smallest absolute Gasteiger partial charge is 0.233 e. The number of allylic oxidation sites excluding steroid dienone is 2. The highest BCUT2D eigenvalue weighted by molar-refractivity contribution is 6.05. The van der Waals surface area contributed by atoms with Crippen LogP contribution in [-0.4, -0.2) is 33.6 Å². The third-order valence-corrected chi connectivity index (χ3v) is 7.35. The number of carbonyl (C=O) groups excluding carboxylic acids is 3. The zero-order valence-corrected chi connectivity index (χ0v) is 18.7. The predicted molar refractivity (Wildman–Crippen MR) is 125 cm³/mol. The monoisotopic (exact) mass is 443 g/mol. The molecule has 0 bridgehead atoms. The van der Waals surface area contributed by atoms with Crippen LogP contribution in [0.3, 0.4) is 0 Å². The van der Waals surface area contributed by atoms with Crippen LogP contribution in [0.2, 0.25) is 0 Å². The maximum Gasteiger partial charge on any atom is 0.233 e. The van der Waals surface area contributed by atoms with Gasteiger partial charge in [0.25, 0.3) is 0 Å². The summed E-state index contributed by atoms with van der Waals surface area (Å²) in [6.07, 6.45) is 12.6. The first kappa shape index (κ1) is 21.6. The molecule has 2 aromatic rings. The summed E-state index contributed by atoms with van der Waals surface area (Å²) >= 11 is 0. The number of benzene rings is 1. The minimum absolute atomic E-state index is 0.00546. The number of nitrogens with one attached hydrogen (secondary N) is 1. The van der Waals surface area contributed by atoms with Gasteiger partial charge in [-0.1, -0.05) is 24.3 Å². The van der Waals surface area contributed by atoms with Crippen molar-refractivity contribution in [3.8, 4) is 0 Å². The fraction of sp³-hybridized carbons (Fsp3) is 0.407. The Morgan fingerprint density at radius 3 is 2.03 bits per heavy atom. The minimum atomic E-state index is -0.176. The van der Waals surface area contributed by atoms with Crippen molar-refractivity contribution in [1.29, 1.82) is 0 Å². The fourth-order valence-electron chi connectivity index (χ4n) is 5.47. The van der Waals surface area contributed by atoms with Crippen molar-refractivity contribution in [1.82, 2.24) is 9.88 Å². The molecule has 3 aliphatic rings. The molecule has 0 spiro atoms. The molecule has 2 heterocycles. The standard InChI is InChI=1S/C27H29N3O3/c31-25(29-21-9-5-18(6-10-21)17-19-13-15-28-16-14-19)20-7-11-22(12-8-20)30-26(32)23-3-1-2-4-24(23)27(30)33/h1-2,5-6,9-10,13-16,20,22-24H,3-4,7-8,11-12,17H2,(H,29,31)/t20?,22?,23-,24-/m1/s1. The van der Waals surface area contributed by atoms with Gasteiger partial charge < -0.3 is 5.32 Å². The van der Waals surface area contributed by atoms with Crippen LogP contribution in [0.1, 0.15) is 49.7 Å². The second-order valence-corrected chi connectivity index (χ2v) is 9.43. The van der Waals surface area contributed by atoms with Gasteiger partial charge in [0, 0.05) is 30.0 Å². The number of imide groups is 1. The van der Waals surface area contributed by atoms with Crippen molar-refractivity contribution in [3.63, 3.8) is 0 Å². The summed E-state index contributed by atoms with van der Waals surface area (Å²) in [5.74, 6) is -0.430.